The number of aromatic nitrogens is 3. The molecule has 6 N–H and O–H groups in total. The normalized spacial score (nSPS) is 24.2. The second kappa shape index (κ2) is 13.0. The highest BCUT2D eigenvalue weighted by Crippen LogP contribution is 2.47. The van der Waals surface area contributed by atoms with Crippen molar-refractivity contribution in [3.05, 3.63) is 58.5 Å². The van der Waals surface area contributed by atoms with E-state index in [9.17, 15) is 24.4 Å². The molecule has 1 aliphatic heterocycles. The second-order valence-electron chi connectivity index (χ2n) is 10.9. The number of benzene rings is 1. The van der Waals surface area contributed by atoms with Gasteiger partial charge in [0.25, 0.3) is 5.56 Å². The van der Waals surface area contributed by atoms with Gasteiger partial charge in [0.05, 0.1) is 18.6 Å². The summed E-state index contributed by atoms with van der Waals surface area (Å²) in [6.07, 6.45) is -1.58. The summed E-state index contributed by atoms with van der Waals surface area (Å²) >= 11 is 1.10. The van der Waals surface area contributed by atoms with Gasteiger partial charge < -0.3 is 25.3 Å². The number of aliphatic hydroxyl groups is 2. The van der Waals surface area contributed by atoms with Gasteiger partial charge in [0, 0.05) is 23.9 Å². The van der Waals surface area contributed by atoms with E-state index in [0.29, 0.717) is 6.42 Å². The summed E-state index contributed by atoms with van der Waals surface area (Å²) in [7, 11) is -3.97. The molecule has 1 aliphatic rings. The molecule has 1 aromatic carbocycles. The van der Waals surface area contributed by atoms with Gasteiger partial charge in [-0.1, -0.05) is 62.9 Å². The molecule has 0 amide bonds. The van der Waals surface area contributed by atoms with Crippen LogP contribution in [0, 0.1) is 5.41 Å². The molecule has 1 fully saturated rings. The van der Waals surface area contributed by atoms with Crippen LogP contribution in [0.25, 0.3) is 11.0 Å². The van der Waals surface area contributed by atoms with Gasteiger partial charge >= 0.3 is 7.75 Å². The van der Waals surface area contributed by atoms with E-state index in [-0.39, 0.29) is 41.0 Å². The van der Waals surface area contributed by atoms with Crippen LogP contribution >= 0.6 is 19.5 Å². The molecule has 4 rings (SSSR count). The zero-order valence-corrected chi connectivity index (χ0v) is 25.7. The Morgan fingerprint density at radius 1 is 1.31 bits per heavy atom. The second-order valence-corrected chi connectivity index (χ2v) is 13.8. The van der Waals surface area contributed by atoms with E-state index >= 15 is 0 Å². The number of nitrogens with zero attached hydrogens (tertiary/aromatic N) is 2. The quantitative estimate of drug-likeness (QED) is 0.138. The SMILES string of the molecule is CCC(C)(C)C(=O)SCCOP(=O)(NCc1ccccc1)OC[C@H]1O[C@@H](n2ccc3c(=O)[nH]c(N)nc32)[C@@](C)(O)C1O. The highest BCUT2D eigenvalue weighted by atomic mass is 32.2. The van der Waals surface area contributed by atoms with E-state index in [1.165, 1.54) is 23.8 Å². The van der Waals surface area contributed by atoms with E-state index in [4.69, 9.17) is 19.5 Å². The maximum atomic E-state index is 13.8. The fourth-order valence-corrected chi connectivity index (χ4v) is 6.66. The fourth-order valence-electron chi connectivity index (χ4n) is 4.34. The minimum atomic E-state index is -3.97. The van der Waals surface area contributed by atoms with Gasteiger partial charge in [0.15, 0.2) is 17.0 Å². The predicted octanol–water partition coefficient (Wildman–Crippen LogP) is 2.94. The lowest BCUT2D eigenvalue weighted by Crippen LogP contribution is -2.44. The first-order valence-corrected chi connectivity index (χ1v) is 16.1. The minimum absolute atomic E-state index is 0.00752. The van der Waals surface area contributed by atoms with Crippen molar-refractivity contribution in [2.45, 2.75) is 64.7 Å². The minimum Gasteiger partial charge on any atom is -0.387 e. The van der Waals surface area contributed by atoms with Crippen LogP contribution < -0.4 is 16.4 Å². The van der Waals surface area contributed by atoms with Gasteiger partial charge in [-0.25, -0.2) is 9.65 Å². The number of rotatable bonds is 13. The van der Waals surface area contributed by atoms with E-state index in [2.05, 4.69) is 15.1 Å². The summed E-state index contributed by atoms with van der Waals surface area (Å²) < 4.78 is 32.5. The summed E-state index contributed by atoms with van der Waals surface area (Å²) in [6.45, 7) is 6.77. The number of nitrogens with two attached hydrogens (primary N) is 1. The highest BCUT2D eigenvalue weighted by molar-refractivity contribution is 8.13. The van der Waals surface area contributed by atoms with Crippen molar-refractivity contribution < 1.29 is 33.4 Å². The van der Waals surface area contributed by atoms with Crippen LogP contribution in [-0.2, 0) is 29.7 Å². The largest absolute Gasteiger partial charge is 0.405 e. The molecule has 0 spiro atoms. The summed E-state index contributed by atoms with van der Waals surface area (Å²) in [5.74, 6) is 0.143. The number of nitrogens with one attached hydrogen (secondary N) is 2. The number of carbonyl (C=O) groups excluding carboxylic acids is 1. The van der Waals surface area contributed by atoms with Crippen molar-refractivity contribution in [2.75, 3.05) is 24.7 Å². The summed E-state index contributed by atoms with van der Waals surface area (Å²) in [6, 6.07) is 10.7. The number of hydrogen-bond donors (Lipinski definition) is 5. The number of thioether (sulfide) groups is 1. The van der Waals surface area contributed by atoms with Gasteiger partial charge in [0.1, 0.15) is 17.8 Å². The average molecular weight is 624 g/mol. The molecule has 15 heteroatoms. The number of aliphatic hydroxyl groups excluding tert-OH is 1. The summed E-state index contributed by atoms with van der Waals surface area (Å²) in [5.41, 5.74) is 3.91. The number of fused-ring (bicyclic) bond motifs is 1. The van der Waals surface area contributed by atoms with Crippen LogP contribution in [0.4, 0.5) is 5.95 Å². The summed E-state index contributed by atoms with van der Waals surface area (Å²) in [5, 5.41) is 25.2. The van der Waals surface area contributed by atoms with Crippen molar-refractivity contribution in [1.29, 1.82) is 0 Å². The number of aromatic amines is 1. The number of nitrogen functional groups attached to an aromatic ring is 1. The Hall–Kier alpha value is -2.55. The molecule has 0 radical (unpaired) electrons. The Labute approximate surface area is 247 Å². The molecule has 42 heavy (non-hydrogen) atoms. The van der Waals surface area contributed by atoms with Gasteiger partial charge in [0.2, 0.25) is 5.95 Å². The Kier molecular flexibility index (Phi) is 10.0. The topological polar surface area (TPSA) is 191 Å². The molecule has 0 aliphatic carbocycles. The smallest absolute Gasteiger partial charge is 0.387 e. The predicted molar refractivity (Wildman–Crippen MR) is 160 cm³/mol. The van der Waals surface area contributed by atoms with Crippen molar-refractivity contribution in [3.63, 3.8) is 0 Å². The van der Waals surface area contributed by atoms with Crippen LogP contribution in [-0.4, -0.2) is 66.6 Å². The lowest BCUT2D eigenvalue weighted by Gasteiger charge is -2.27. The lowest BCUT2D eigenvalue weighted by molar-refractivity contribution is -0.118. The first kappa shape index (κ1) is 32.4. The standard InChI is InChI=1S/C27H38N5O8PS/c1-5-26(2,3)24(35)42-14-13-38-41(37,29-15-17-9-7-6-8-10-17)39-16-19-20(33)27(4,36)23(40-19)32-12-11-18-21(32)30-25(28)31-22(18)34/h6-12,19-20,23,33,36H,5,13-16H2,1-4H3,(H,29,37)(H3,28,30,31,34)/t19-,20?,23-,27+,41?/m1/s1. The molecule has 3 heterocycles. The first-order chi connectivity index (χ1) is 19.8. The van der Waals surface area contributed by atoms with E-state index in [1.54, 1.807) is 0 Å². The maximum Gasteiger partial charge on any atom is 0.405 e. The average Bonchev–Trinajstić information content (AvgIpc) is 3.47. The maximum absolute atomic E-state index is 13.8. The van der Waals surface area contributed by atoms with E-state index in [1.807, 2.05) is 51.1 Å². The van der Waals surface area contributed by atoms with Gasteiger partial charge in [-0.3, -0.25) is 23.6 Å². The van der Waals surface area contributed by atoms with Gasteiger partial charge in [-0.15, -0.1) is 0 Å². The Morgan fingerprint density at radius 3 is 2.71 bits per heavy atom. The Morgan fingerprint density at radius 2 is 2.02 bits per heavy atom. The monoisotopic (exact) mass is 623 g/mol. The number of anilines is 1. The summed E-state index contributed by atoms with van der Waals surface area (Å²) in [4.78, 5) is 31.3. The molecule has 2 unspecified atom stereocenters. The first-order valence-electron chi connectivity index (χ1n) is 13.5. The van der Waals surface area contributed by atoms with Crippen LogP contribution in [0.5, 0.6) is 0 Å². The molecule has 3 aromatic rings. The third kappa shape index (κ3) is 7.14. The Balaban J connectivity index is 1.46. The number of carbonyl (C=O) groups is 1. The van der Waals surface area contributed by atoms with Crippen LogP contribution in [0.15, 0.2) is 47.4 Å². The number of ether oxygens (including phenoxy) is 1. The van der Waals surface area contributed by atoms with Crippen LogP contribution in [0.3, 0.4) is 0 Å². The van der Waals surface area contributed by atoms with Crippen LogP contribution in [0.2, 0.25) is 0 Å². The third-order valence-electron chi connectivity index (χ3n) is 7.35. The number of hydrogen-bond acceptors (Lipinski definition) is 11. The van der Waals surface area contributed by atoms with E-state index < -0.39 is 49.4 Å². The third-order valence-corrected chi connectivity index (χ3v) is 10.1. The lowest BCUT2D eigenvalue weighted by atomic mass is 9.92. The van der Waals surface area contributed by atoms with Crippen molar-refractivity contribution in [3.8, 4) is 0 Å². The molecule has 5 atom stereocenters. The van der Waals surface area contributed by atoms with Crippen LogP contribution in [0.1, 0.15) is 45.9 Å². The molecule has 0 bridgehead atoms. The van der Waals surface area contributed by atoms with Crippen molar-refractivity contribution in [2.24, 2.45) is 5.41 Å². The van der Waals surface area contributed by atoms with Crippen molar-refractivity contribution in [1.82, 2.24) is 19.6 Å². The molecule has 0 saturated carbocycles. The molecule has 2 aromatic heterocycles. The van der Waals surface area contributed by atoms with Crippen molar-refractivity contribution >= 4 is 41.6 Å². The van der Waals surface area contributed by atoms with Gasteiger partial charge in [-0.2, -0.15) is 4.98 Å². The molecule has 230 valence electrons. The zero-order valence-electron chi connectivity index (χ0n) is 24.0. The van der Waals surface area contributed by atoms with E-state index in [0.717, 1.165) is 17.3 Å². The molecule has 13 nitrogen and oxygen atoms in total. The number of H-pyrrole nitrogens is 1. The highest BCUT2D eigenvalue weighted by Gasteiger charge is 2.54. The molecule has 1 saturated heterocycles. The fraction of sp³-hybridized carbons (Fsp3) is 0.519. The molecular formula is C27H38N5O8PS. The molecular weight excluding hydrogens is 585 g/mol. The van der Waals surface area contributed by atoms with Gasteiger partial charge in [-0.05, 0) is 25.0 Å². The Bertz CT molecular complexity index is 1490. The zero-order chi connectivity index (χ0) is 30.7.